The van der Waals surface area contributed by atoms with E-state index >= 15 is 0 Å². The van der Waals surface area contributed by atoms with Crippen LogP contribution in [0.15, 0.2) is 24.8 Å². The molecule has 4 nitrogen and oxygen atoms in total. The number of halogens is 1. The number of hydrogen-bond acceptors (Lipinski definition) is 2. The van der Waals surface area contributed by atoms with Crippen molar-refractivity contribution in [3.63, 3.8) is 0 Å². The van der Waals surface area contributed by atoms with E-state index in [1.165, 1.54) is 6.33 Å². The Morgan fingerprint density at radius 2 is 2.29 bits per heavy atom. The van der Waals surface area contributed by atoms with Gasteiger partial charge in [-0.3, -0.25) is 0 Å². The van der Waals surface area contributed by atoms with E-state index in [2.05, 4.69) is 19.9 Å². The lowest BCUT2D eigenvalue weighted by Gasteiger charge is -1.89. The maximum atomic E-state index is 5.99. The lowest BCUT2D eigenvalue weighted by Crippen LogP contribution is -1.96. The smallest absolute Gasteiger partial charge is 0.177 e. The number of H-pyrrole nitrogens is 2. The van der Waals surface area contributed by atoms with E-state index in [-0.39, 0.29) is 0 Å². The third kappa shape index (κ3) is 0.914. The molecule has 0 spiro atoms. The monoisotopic (exact) mass is 205 g/mol. The molecule has 0 amide bonds. The molecule has 3 aromatic rings. The first-order chi connectivity index (χ1) is 6.86. The molecule has 0 saturated heterocycles. The number of rotatable bonds is 0. The van der Waals surface area contributed by atoms with Gasteiger partial charge in [0.2, 0.25) is 0 Å². The van der Waals surface area contributed by atoms with Crippen LogP contribution in [-0.2, 0) is 0 Å². The molecule has 14 heavy (non-hydrogen) atoms. The number of aromatic amines is 2. The van der Waals surface area contributed by atoms with Crippen LogP contribution >= 0.6 is 11.6 Å². The second-order valence-electron chi connectivity index (χ2n) is 2.98. The van der Waals surface area contributed by atoms with E-state index in [1.807, 2.05) is 18.5 Å². The van der Waals surface area contributed by atoms with Crippen LogP contribution in [0.25, 0.3) is 21.9 Å². The van der Waals surface area contributed by atoms with Gasteiger partial charge in [-0.2, -0.15) is 0 Å². The van der Waals surface area contributed by atoms with Crippen LogP contribution in [0.4, 0.5) is 0 Å². The zero-order chi connectivity index (χ0) is 9.54. The van der Waals surface area contributed by atoms with Crippen LogP contribution in [-0.4, -0.2) is 15.0 Å². The molecule has 0 unspecified atom stereocenters. The number of aromatic nitrogens is 4. The third-order valence-corrected chi connectivity index (χ3v) is 2.47. The maximum absolute atomic E-state index is 5.99. The van der Waals surface area contributed by atoms with E-state index in [9.17, 15) is 0 Å². The second-order valence-corrected chi connectivity index (χ2v) is 3.34. The van der Waals surface area contributed by atoms with Gasteiger partial charge in [0.25, 0.3) is 0 Å². The van der Waals surface area contributed by atoms with E-state index in [4.69, 9.17) is 11.6 Å². The van der Waals surface area contributed by atoms with Crippen molar-refractivity contribution in [3.05, 3.63) is 29.9 Å². The largest absolute Gasteiger partial charge is 0.339 e. The molecule has 68 valence electrons. The van der Waals surface area contributed by atoms with Crippen molar-refractivity contribution in [1.82, 2.24) is 15.0 Å². The molecule has 0 radical (unpaired) electrons. The third-order valence-electron chi connectivity index (χ3n) is 2.19. The molecule has 0 aliphatic carbocycles. The minimum atomic E-state index is 0.473. The van der Waals surface area contributed by atoms with Gasteiger partial charge in [-0.1, -0.05) is 11.6 Å². The Morgan fingerprint density at radius 1 is 1.36 bits per heavy atom. The minimum absolute atomic E-state index is 0.473. The number of fused-ring (bicyclic) bond motifs is 3. The minimum Gasteiger partial charge on any atom is -0.339 e. The van der Waals surface area contributed by atoms with Crippen LogP contribution < -0.4 is 4.98 Å². The van der Waals surface area contributed by atoms with Gasteiger partial charge in [0.1, 0.15) is 17.1 Å². The molecular weight excluding hydrogens is 200 g/mol. The maximum Gasteiger partial charge on any atom is 0.177 e. The summed E-state index contributed by atoms with van der Waals surface area (Å²) < 4.78 is 0. The molecule has 0 bridgehead atoms. The Labute approximate surface area is 84.0 Å². The molecule has 0 fully saturated rings. The fourth-order valence-electron chi connectivity index (χ4n) is 1.57. The van der Waals surface area contributed by atoms with Crippen molar-refractivity contribution in [2.45, 2.75) is 0 Å². The Morgan fingerprint density at radius 3 is 3.21 bits per heavy atom. The Balaban J connectivity index is 2.65. The van der Waals surface area contributed by atoms with E-state index in [0.29, 0.717) is 5.15 Å². The second kappa shape index (κ2) is 2.65. The van der Waals surface area contributed by atoms with Crippen molar-refractivity contribution >= 4 is 33.5 Å². The van der Waals surface area contributed by atoms with Crippen molar-refractivity contribution < 1.29 is 4.98 Å². The molecule has 2 N–H and O–H groups in total. The highest BCUT2D eigenvalue weighted by Crippen LogP contribution is 2.26. The van der Waals surface area contributed by atoms with Gasteiger partial charge >= 0.3 is 0 Å². The Hall–Kier alpha value is -1.68. The molecule has 3 rings (SSSR count). The van der Waals surface area contributed by atoms with Crippen LogP contribution in [0, 0.1) is 0 Å². The summed E-state index contributed by atoms with van der Waals surface area (Å²) in [6.07, 6.45) is 5.17. The van der Waals surface area contributed by atoms with Crippen LogP contribution in [0.5, 0.6) is 0 Å². The predicted octanol–water partition coefficient (Wildman–Crippen LogP) is 1.58. The number of pyridine rings is 1. The molecule has 0 aliphatic heterocycles. The first kappa shape index (κ1) is 7.70. The molecule has 3 aromatic heterocycles. The van der Waals surface area contributed by atoms with Gasteiger partial charge in [-0.25, -0.2) is 15.0 Å². The van der Waals surface area contributed by atoms with Crippen LogP contribution in [0.1, 0.15) is 0 Å². The normalized spacial score (nSPS) is 11.2. The van der Waals surface area contributed by atoms with Gasteiger partial charge in [0, 0.05) is 6.07 Å². The molecule has 3 heterocycles. The highest BCUT2D eigenvalue weighted by molar-refractivity contribution is 6.36. The summed E-state index contributed by atoms with van der Waals surface area (Å²) in [5.74, 6) is 0. The lowest BCUT2D eigenvalue weighted by molar-refractivity contribution is -0.375. The average Bonchev–Trinajstić information content (AvgIpc) is 2.57. The van der Waals surface area contributed by atoms with Gasteiger partial charge < -0.3 is 4.98 Å². The Kier molecular flexibility index (Phi) is 1.46. The SMILES string of the molecule is Clc1ncnc2[nH]c3cc[nH+]cc3c12. The Bertz CT molecular complexity index is 616. The molecule has 0 aliphatic rings. The van der Waals surface area contributed by atoms with E-state index < -0.39 is 0 Å². The summed E-state index contributed by atoms with van der Waals surface area (Å²) in [7, 11) is 0. The average molecular weight is 206 g/mol. The van der Waals surface area contributed by atoms with Crippen LogP contribution in [0.2, 0.25) is 5.15 Å². The van der Waals surface area contributed by atoms with Crippen molar-refractivity contribution in [2.75, 3.05) is 0 Å². The summed E-state index contributed by atoms with van der Waals surface area (Å²) >= 11 is 5.99. The van der Waals surface area contributed by atoms with E-state index in [1.54, 1.807) is 0 Å². The predicted molar refractivity (Wildman–Crippen MR) is 53.0 cm³/mol. The fraction of sp³-hybridized carbons (Fsp3) is 0. The molecule has 5 heteroatoms. The number of nitrogens with one attached hydrogen (secondary N) is 2. The molecular formula is C9H6ClN4+. The van der Waals surface area contributed by atoms with Gasteiger partial charge in [-0.15, -0.1) is 0 Å². The number of nitrogens with zero attached hydrogens (tertiary/aromatic N) is 2. The zero-order valence-electron chi connectivity index (χ0n) is 7.08. The highest BCUT2D eigenvalue weighted by atomic mass is 35.5. The summed E-state index contributed by atoms with van der Waals surface area (Å²) in [6, 6.07) is 1.94. The number of hydrogen-bond donors (Lipinski definition) is 1. The lowest BCUT2D eigenvalue weighted by atomic mass is 10.3. The molecule has 0 atom stereocenters. The summed E-state index contributed by atoms with van der Waals surface area (Å²) in [5.41, 5.74) is 1.76. The van der Waals surface area contributed by atoms with Gasteiger partial charge in [0.05, 0.1) is 16.3 Å². The molecule has 0 saturated carbocycles. The van der Waals surface area contributed by atoms with Crippen molar-refractivity contribution in [2.24, 2.45) is 0 Å². The van der Waals surface area contributed by atoms with Gasteiger partial charge in [-0.05, 0) is 0 Å². The topological polar surface area (TPSA) is 55.7 Å². The van der Waals surface area contributed by atoms with Crippen LogP contribution in [0.3, 0.4) is 0 Å². The first-order valence-electron chi connectivity index (χ1n) is 4.14. The van der Waals surface area contributed by atoms with Gasteiger partial charge in [0.15, 0.2) is 12.4 Å². The van der Waals surface area contributed by atoms with E-state index in [0.717, 1.165) is 21.9 Å². The van der Waals surface area contributed by atoms with Crippen molar-refractivity contribution in [1.29, 1.82) is 0 Å². The first-order valence-corrected chi connectivity index (χ1v) is 4.52. The zero-order valence-corrected chi connectivity index (χ0v) is 7.84. The summed E-state index contributed by atoms with van der Waals surface area (Å²) in [5, 5.41) is 2.34. The fourth-order valence-corrected chi connectivity index (χ4v) is 1.81. The summed E-state index contributed by atoms with van der Waals surface area (Å²) in [6.45, 7) is 0. The van der Waals surface area contributed by atoms with Crippen molar-refractivity contribution in [3.8, 4) is 0 Å². The highest BCUT2D eigenvalue weighted by Gasteiger charge is 2.10. The summed E-state index contributed by atoms with van der Waals surface area (Å²) in [4.78, 5) is 14.2. The molecule has 0 aromatic carbocycles. The standard InChI is InChI=1S/C9H5ClN4/c10-8-7-5-3-11-2-1-6(5)14-9(7)13-4-12-8/h1-4H,(H,12,13,14)/p+1. The quantitative estimate of drug-likeness (QED) is 0.567.